The maximum Gasteiger partial charge on any atom is 0.0643 e. The standard InChI is InChI=1S/C16H23N3/c1-3-14-4-6-15(7-5-14)19-13(2)9-11-18-12-16(19)8-10-17/h4-7,13,16,18H,3,8-9,11-12H2,1-2H3. The van der Waals surface area contributed by atoms with Crippen LogP contribution in [0.1, 0.15) is 32.3 Å². The van der Waals surface area contributed by atoms with Gasteiger partial charge >= 0.3 is 0 Å². The molecule has 0 saturated carbocycles. The molecule has 0 spiro atoms. The second kappa shape index (κ2) is 6.58. The summed E-state index contributed by atoms with van der Waals surface area (Å²) in [5.41, 5.74) is 2.61. The molecule has 1 aromatic rings. The summed E-state index contributed by atoms with van der Waals surface area (Å²) in [7, 11) is 0. The van der Waals surface area contributed by atoms with E-state index in [-0.39, 0.29) is 6.04 Å². The fourth-order valence-corrected chi connectivity index (χ4v) is 2.82. The highest BCUT2D eigenvalue weighted by molar-refractivity contribution is 5.50. The average Bonchev–Trinajstić information content (AvgIpc) is 2.61. The third-order valence-electron chi connectivity index (χ3n) is 3.96. The topological polar surface area (TPSA) is 39.1 Å². The summed E-state index contributed by atoms with van der Waals surface area (Å²) >= 11 is 0. The van der Waals surface area contributed by atoms with Crippen molar-refractivity contribution in [3.8, 4) is 6.07 Å². The van der Waals surface area contributed by atoms with Crippen molar-refractivity contribution >= 4 is 5.69 Å². The molecule has 0 bridgehead atoms. The second-order valence-corrected chi connectivity index (χ2v) is 5.29. The molecule has 1 aliphatic rings. The van der Waals surface area contributed by atoms with Crippen LogP contribution < -0.4 is 10.2 Å². The van der Waals surface area contributed by atoms with E-state index in [1.165, 1.54) is 11.3 Å². The summed E-state index contributed by atoms with van der Waals surface area (Å²) < 4.78 is 0. The summed E-state index contributed by atoms with van der Waals surface area (Å²) in [4.78, 5) is 2.42. The smallest absolute Gasteiger partial charge is 0.0643 e. The van der Waals surface area contributed by atoms with Crippen LogP contribution in [0.2, 0.25) is 0 Å². The zero-order chi connectivity index (χ0) is 13.7. The van der Waals surface area contributed by atoms with Crippen molar-refractivity contribution in [3.05, 3.63) is 29.8 Å². The van der Waals surface area contributed by atoms with E-state index in [0.717, 1.165) is 25.9 Å². The zero-order valence-electron chi connectivity index (χ0n) is 11.9. The predicted molar refractivity (Wildman–Crippen MR) is 79.3 cm³/mol. The summed E-state index contributed by atoms with van der Waals surface area (Å²) in [5, 5.41) is 12.5. The number of benzene rings is 1. The van der Waals surface area contributed by atoms with Gasteiger partial charge in [-0.15, -0.1) is 0 Å². The number of hydrogen-bond donors (Lipinski definition) is 1. The largest absolute Gasteiger partial charge is 0.363 e. The Morgan fingerprint density at radius 2 is 2.11 bits per heavy atom. The molecule has 1 aromatic carbocycles. The van der Waals surface area contributed by atoms with Crippen LogP contribution >= 0.6 is 0 Å². The van der Waals surface area contributed by atoms with Gasteiger partial charge in [-0.2, -0.15) is 5.26 Å². The highest BCUT2D eigenvalue weighted by Gasteiger charge is 2.25. The third kappa shape index (κ3) is 3.27. The number of aryl methyl sites for hydroxylation is 1. The Hall–Kier alpha value is -1.53. The van der Waals surface area contributed by atoms with Crippen LogP contribution in [0.3, 0.4) is 0 Å². The lowest BCUT2D eigenvalue weighted by molar-refractivity contribution is 0.551. The minimum Gasteiger partial charge on any atom is -0.363 e. The van der Waals surface area contributed by atoms with E-state index in [9.17, 15) is 0 Å². The van der Waals surface area contributed by atoms with E-state index in [0.29, 0.717) is 12.5 Å². The highest BCUT2D eigenvalue weighted by atomic mass is 15.2. The Kier molecular flexibility index (Phi) is 4.81. The molecule has 1 saturated heterocycles. The molecule has 1 aliphatic heterocycles. The maximum atomic E-state index is 9.04. The van der Waals surface area contributed by atoms with Crippen molar-refractivity contribution < 1.29 is 0 Å². The van der Waals surface area contributed by atoms with Crippen molar-refractivity contribution in [1.29, 1.82) is 5.26 Å². The normalized spacial score (nSPS) is 23.7. The first-order chi connectivity index (χ1) is 9.26. The minimum atomic E-state index is 0.273. The highest BCUT2D eigenvalue weighted by Crippen LogP contribution is 2.24. The molecule has 3 heteroatoms. The van der Waals surface area contributed by atoms with Crippen molar-refractivity contribution in [2.45, 2.75) is 45.2 Å². The van der Waals surface area contributed by atoms with Gasteiger partial charge in [0.2, 0.25) is 0 Å². The summed E-state index contributed by atoms with van der Waals surface area (Å²) in [6, 6.07) is 11.9. The van der Waals surface area contributed by atoms with Crippen LogP contribution in [0.15, 0.2) is 24.3 Å². The molecular formula is C16H23N3. The van der Waals surface area contributed by atoms with E-state index < -0.39 is 0 Å². The summed E-state index contributed by atoms with van der Waals surface area (Å²) in [6.07, 6.45) is 2.77. The predicted octanol–water partition coefficient (Wildman–Crippen LogP) is 2.72. The molecule has 2 atom stereocenters. The van der Waals surface area contributed by atoms with Crippen LogP contribution in [0, 0.1) is 11.3 Å². The van der Waals surface area contributed by atoms with Gasteiger partial charge in [-0.3, -0.25) is 0 Å². The van der Waals surface area contributed by atoms with Crippen LogP contribution in [0.4, 0.5) is 5.69 Å². The molecule has 102 valence electrons. The number of rotatable bonds is 3. The molecular weight excluding hydrogens is 234 g/mol. The first-order valence-electron chi connectivity index (χ1n) is 7.21. The average molecular weight is 257 g/mol. The van der Waals surface area contributed by atoms with Crippen molar-refractivity contribution in [3.63, 3.8) is 0 Å². The lowest BCUT2D eigenvalue weighted by Crippen LogP contribution is -2.43. The van der Waals surface area contributed by atoms with Crippen molar-refractivity contribution in [2.24, 2.45) is 0 Å². The van der Waals surface area contributed by atoms with Crippen LogP contribution in [0.5, 0.6) is 0 Å². The molecule has 3 nitrogen and oxygen atoms in total. The van der Waals surface area contributed by atoms with Gasteiger partial charge in [0.05, 0.1) is 18.5 Å². The SMILES string of the molecule is CCc1ccc(N2C(C)CCNCC2CC#N)cc1. The quantitative estimate of drug-likeness (QED) is 0.905. The molecule has 2 unspecified atom stereocenters. The Labute approximate surface area is 116 Å². The number of nitrogens with one attached hydrogen (secondary N) is 1. The number of nitrogens with zero attached hydrogens (tertiary/aromatic N) is 2. The maximum absolute atomic E-state index is 9.04. The molecule has 0 radical (unpaired) electrons. The molecule has 0 aromatic heterocycles. The molecule has 1 N–H and O–H groups in total. The first kappa shape index (κ1) is 13.9. The Bertz CT molecular complexity index is 432. The third-order valence-corrected chi connectivity index (χ3v) is 3.96. The van der Waals surface area contributed by atoms with Gasteiger partial charge in [-0.1, -0.05) is 19.1 Å². The number of nitriles is 1. The van der Waals surface area contributed by atoms with Gasteiger partial charge in [0.1, 0.15) is 0 Å². The van der Waals surface area contributed by atoms with Crippen molar-refractivity contribution in [1.82, 2.24) is 5.32 Å². The number of hydrogen-bond acceptors (Lipinski definition) is 3. The van der Waals surface area contributed by atoms with Gasteiger partial charge < -0.3 is 10.2 Å². The van der Waals surface area contributed by atoms with Gasteiger partial charge in [-0.05, 0) is 44.0 Å². The van der Waals surface area contributed by atoms with Crippen molar-refractivity contribution in [2.75, 3.05) is 18.0 Å². The fraction of sp³-hybridized carbons (Fsp3) is 0.562. The lowest BCUT2D eigenvalue weighted by Gasteiger charge is -2.35. The van der Waals surface area contributed by atoms with E-state index in [1.807, 2.05) is 0 Å². The fourth-order valence-electron chi connectivity index (χ4n) is 2.82. The van der Waals surface area contributed by atoms with Crippen LogP contribution in [-0.2, 0) is 6.42 Å². The van der Waals surface area contributed by atoms with E-state index in [1.54, 1.807) is 0 Å². The molecule has 2 rings (SSSR count). The molecule has 19 heavy (non-hydrogen) atoms. The molecule has 1 fully saturated rings. The summed E-state index contributed by atoms with van der Waals surface area (Å²) in [5.74, 6) is 0. The molecule has 0 aliphatic carbocycles. The van der Waals surface area contributed by atoms with E-state index in [2.05, 4.69) is 54.4 Å². The Morgan fingerprint density at radius 3 is 2.74 bits per heavy atom. The zero-order valence-corrected chi connectivity index (χ0v) is 11.9. The molecule has 0 amide bonds. The Morgan fingerprint density at radius 1 is 1.37 bits per heavy atom. The first-order valence-corrected chi connectivity index (χ1v) is 7.21. The monoisotopic (exact) mass is 257 g/mol. The van der Waals surface area contributed by atoms with Crippen LogP contribution in [0.25, 0.3) is 0 Å². The van der Waals surface area contributed by atoms with Gasteiger partial charge in [0.25, 0.3) is 0 Å². The lowest BCUT2D eigenvalue weighted by atomic mass is 10.1. The van der Waals surface area contributed by atoms with Gasteiger partial charge in [0.15, 0.2) is 0 Å². The van der Waals surface area contributed by atoms with E-state index >= 15 is 0 Å². The van der Waals surface area contributed by atoms with Gasteiger partial charge in [0, 0.05) is 18.3 Å². The summed E-state index contributed by atoms with van der Waals surface area (Å²) in [6.45, 7) is 6.36. The minimum absolute atomic E-state index is 0.273. The van der Waals surface area contributed by atoms with E-state index in [4.69, 9.17) is 5.26 Å². The number of anilines is 1. The second-order valence-electron chi connectivity index (χ2n) is 5.29. The van der Waals surface area contributed by atoms with Gasteiger partial charge in [-0.25, -0.2) is 0 Å². The Balaban J connectivity index is 2.26. The van der Waals surface area contributed by atoms with Crippen LogP contribution in [-0.4, -0.2) is 25.2 Å². The molecule has 1 heterocycles.